The summed E-state index contributed by atoms with van der Waals surface area (Å²) in [6.07, 6.45) is 5.71. The van der Waals surface area contributed by atoms with Crippen molar-refractivity contribution in [2.45, 2.75) is 105 Å². The highest BCUT2D eigenvalue weighted by molar-refractivity contribution is 7.57. The number of carbonyl (C=O) groups excluding carboxylic acids is 1. The van der Waals surface area contributed by atoms with Crippen LogP contribution in [0.1, 0.15) is 102 Å². The number of esters is 1. The molecule has 0 bridgehead atoms. The van der Waals surface area contributed by atoms with Gasteiger partial charge in [-0.25, -0.2) is 5.09 Å². The first kappa shape index (κ1) is 33.9. The van der Waals surface area contributed by atoms with E-state index in [0.717, 1.165) is 78.3 Å². The maximum absolute atomic E-state index is 14.0. The molecule has 0 fully saturated rings. The zero-order valence-corrected chi connectivity index (χ0v) is 26.7. The van der Waals surface area contributed by atoms with Gasteiger partial charge in [-0.3, -0.25) is 9.36 Å². The quantitative estimate of drug-likeness (QED) is 0.145. The molecule has 2 unspecified atom stereocenters. The molecule has 0 saturated heterocycles. The van der Waals surface area contributed by atoms with E-state index in [-0.39, 0.29) is 18.9 Å². The molecule has 0 spiro atoms. The third-order valence-corrected chi connectivity index (χ3v) is 8.92. The lowest BCUT2D eigenvalue weighted by Crippen LogP contribution is -2.35. The maximum Gasteiger partial charge on any atom is 0.342 e. The van der Waals surface area contributed by atoms with E-state index >= 15 is 0 Å². The molecule has 2 N–H and O–H groups in total. The molecule has 2 rings (SSSR count). The van der Waals surface area contributed by atoms with Crippen LogP contribution in [0, 0.1) is 0 Å². The van der Waals surface area contributed by atoms with Gasteiger partial charge in [0.25, 0.3) is 0 Å². The van der Waals surface area contributed by atoms with Crippen molar-refractivity contribution in [2.75, 3.05) is 20.1 Å². The Balaban J connectivity index is 2.69. The lowest BCUT2D eigenvalue weighted by atomic mass is 9.88. The topological polar surface area (TPSA) is 94.1 Å². The Hall–Kier alpha value is -2.34. The van der Waals surface area contributed by atoms with Crippen molar-refractivity contribution in [3.8, 4) is 22.6 Å². The second-order valence-corrected chi connectivity index (χ2v) is 12.6. The van der Waals surface area contributed by atoms with Crippen LogP contribution in [0.2, 0.25) is 0 Å². The molecule has 7 nitrogen and oxygen atoms in total. The van der Waals surface area contributed by atoms with Crippen LogP contribution in [-0.4, -0.2) is 37.2 Å². The summed E-state index contributed by atoms with van der Waals surface area (Å²) < 4.78 is 30.7. The van der Waals surface area contributed by atoms with Gasteiger partial charge in [0.05, 0.1) is 6.61 Å². The van der Waals surface area contributed by atoms with Crippen molar-refractivity contribution in [2.24, 2.45) is 0 Å². The van der Waals surface area contributed by atoms with E-state index in [9.17, 15) is 14.5 Å². The standard InChI is InChI=1S/C32H50NO6P/c1-9-14-24-17-28(20-29(30(24)34)22(6)12-4)27-18-25(15-10-2)31(26(19-27)16-11-3)39-40(36,21-37-8)33-23(7)32(35)38-13-5/h17-20,22-23,34H,9-16,21H2,1-8H3,(H,33,36)/t22?,23-,40?/m0/s1. The van der Waals surface area contributed by atoms with Crippen LogP contribution in [0.5, 0.6) is 11.5 Å². The smallest absolute Gasteiger partial charge is 0.342 e. The monoisotopic (exact) mass is 575 g/mol. The Morgan fingerprint density at radius 2 is 1.43 bits per heavy atom. The fourth-order valence-corrected chi connectivity index (χ4v) is 6.66. The number of aryl methyl sites for hydroxylation is 3. The average Bonchev–Trinajstić information content (AvgIpc) is 2.91. The highest BCUT2D eigenvalue weighted by Crippen LogP contribution is 2.47. The van der Waals surface area contributed by atoms with E-state index in [2.05, 4.69) is 64.0 Å². The first-order chi connectivity index (χ1) is 19.1. The van der Waals surface area contributed by atoms with Crippen LogP contribution >= 0.6 is 7.52 Å². The molecule has 0 amide bonds. The second kappa shape index (κ2) is 16.2. The summed E-state index contributed by atoms with van der Waals surface area (Å²) in [5.41, 5.74) is 5.97. The van der Waals surface area contributed by atoms with Crippen molar-refractivity contribution in [1.29, 1.82) is 0 Å². The Morgan fingerprint density at radius 1 is 0.900 bits per heavy atom. The highest BCUT2D eigenvalue weighted by Gasteiger charge is 2.32. The van der Waals surface area contributed by atoms with E-state index in [1.54, 1.807) is 13.8 Å². The van der Waals surface area contributed by atoms with Gasteiger partial charge in [-0.1, -0.05) is 53.9 Å². The fourth-order valence-electron chi connectivity index (χ4n) is 4.91. The maximum atomic E-state index is 14.0. The molecule has 0 saturated carbocycles. The number of aromatic hydroxyl groups is 1. The second-order valence-electron chi connectivity index (χ2n) is 10.5. The zero-order chi connectivity index (χ0) is 29.9. The molecule has 2 aromatic carbocycles. The zero-order valence-electron chi connectivity index (χ0n) is 25.8. The van der Waals surface area contributed by atoms with Crippen LogP contribution in [0.25, 0.3) is 11.1 Å². The number of ether oxygens (including phenoxy) is 2. The van der Waals surface area contributed by atoms with Crippen LogP contribution < -0.4 is 9.61 Å². The molecule has 3 atom stereocenters. The van der Waals surface area contributed by atoms with Crippen molar-refractivity contribution < 1.29 is 28.5 Å². The number of benzene rings is 2. The average molecular weight is 576 g/mol. The van der Waals surface area contributed by atoms with E-state index in [0.29, 0.717) is 11.5 Å². The minimum Gasteiger partial charge on any atom is -0.507 e. The summed E-state index contributed by atoms with van der Waals surface area (Å²) in [6.45, 7) is 14.2. The van der Waals surface area contributed by atoms with Gasteiger partial charge in [-0.2, -0.15) is 0 Å². The number of nitrogens with one attached hydrogen (secondary N) is 1. The number of methoxy groups -OCH3 is 1. The van der Waals surface area contributed by atoms with Crippen molar-refractivity contribution >= 4 is 13.5 Å². The van der Waals surface area contributed by atoms with Crippen LogP contribution in [0.3, 0.4) is 0 Å². The molecular weight excluding hydrogens is 525 g/mol. The first-order valence-corrected chi connectivity index (χ1v) is 16.6. The van der Waals surface area contributed by atoms with Crippen molar-refractivity contribution in [3.63, 3.8) is 0 Å². The molecule has 224 valence electrons. The van der Waals surface area contributed by atoms with E-state index in [4.69, 9.17) is 14.0 Å². The van der Waals surface area contributed by atoms with Crippen molar-refractivity contribution in [3.05, 3.63) is 46.5 Å². The third kappa shape index (κ3) is 8.83. The number of hydrogen-bond acceptors (Lipinski definition) is 6. The largest absolute Gasteiger partial charge is 0.507 e. The van der Waals surface area contributed by atoms with Gasteiger partial charge in [0.15, 0.2) is 0 Å². The molecular formula is C32H50NO6P. The van der Waals surface area contributed by atoms with E-state index in [1.165, 1.54) is 7.11 Å². The van der Waals surface area contributed by atoms with Gasteiger partial charge in [0.2, 0.25) is 0 Å². The number of hydrogen-bond donors (Lipinski definition) is 2. The van der Waals surface area contributed by atoms with Crippen LogP contribution in [0.4, 0.5) is 0 Å². The summed E-state index contributed by atoms with van der Waals surface area (Å²) in [5.74, 6) is 0.735. The highest BCUT2D eigenvalue weighted by atomic mass is 31.2. The Bertz CT molecular complexity index is 1140. The minimum absolute atomic E-state index is 0.188. The summed E-state index contributed by atoms with van der Waals surface area (Å²) in [4.78, 5) is 12.3. The van der Waals surface area contributed by atoms with Crippen molar-refractivity contribution in [1.82, 2.24) is 5.09 Å². The predicted molar refractivity (Wildman–Crippen MR) is 164 cm³/mol. The van der Waals surface area contributed by atoms with Gasteiger partial charge in [-0.15, -0.1) is 0 Å². The molecule has 40 heavy (non-hydrogen) atoms. The van der Waals surface area contributed by atoms with Gasteiger partial charge in [0.1, 0.15) is 23.9 Å². The molecule has 8 heteroatoms. The third-order valence-electron chi connectivity index (χ3n) is 7.06. The number of rotatable bonds is 17. The summed E-state index contributed by atoms with van der Waals surface area (Å²) >= 11 is 0. The van der Waals surface area contributed by atoms with E-state index in [1.807, 2.05) is 0 Å². The normalized spacial score (nSPS) is 14.4. The van der Waals surface area contributed by atoms with E-state index < -0.39 is 19.5 Å². The Labute approximate surface area is 241 Å². The lowest BCUT2D eigenvalue weighted by molar-refractivity contribution is -0.144. The number of phenolic OH excluding ortho intramolecular Hbond substituents is 1. The minimum atomic E-state index is -3.62. The molecule has 0 heterocycles. The number of carbonyl (C=O) groups is 1. The van der Waals surface area contributed by atoms with Crippen LogP contribution in [0.15, 0.2) is 24.3 Å². The lowest BCUT2D eigenvalue weighted by Gasteiger charge is -2.26. The summed E-state index contributed by atoms with van der Waals surface area (Å²) in [5, 5.41) is 13.9. The first-order valence-electron chi connectivity index (χ1n) is 14.8. The van der Waals surface area contributed by atoms with Gasteiger partial charge in [0, 0.05) is 7.11 Å². The molecule has 0 aromatic heterocycles. The molecule has 0 radical (unpaired) electrons. The molecule has 0 aliphatic rings. The SMILES string of the molecule is CCCc1cc(-c2cc(CCC)c(OP(=O)(COC)N[C@@H](C)C(=O)OCC)c(CCC)c2)cc(C(C)CC)c1O. The van der Waals surface area contributed by atoms with Crippen LogP contribution in [-0.2, 0) is 38.1 Å². The van der Waals surface area contributed by atoms with Gasteiger partial charge < -0.3 is 19.1 Å². The fraction of sp³-hybridized carbons (Fsp3) is 0.594. The Kier molecular flexibility index (Phi) is 13.7. The van der Waals surface area contributed by atoms with Gasteiger partial charge >= 0.3 is 13.5 Å². The number of phenols is 1. The summed E-state index contributed by atoms with van der Waals surface area (Å²) in [7, 11) is -2.16. The van der Waals surface area contributed by atoms with Gasteiger partial charge in [-0.05, 0) is 103 Å². The molecule has 2 aromatic rings. The summed E-state index contributed by atoms with van der Waals surface area (Å²) in [6, 6.07) is 7.63. The Morgan fingerprint density at radius 3 is 1.93 bits per heavy atom. The molecule has 0 aliphatic heterocycles. The molecule has 0 aliphatic carbocycles. The predicted octanol–water partition coefficient (Wildman–Crippen LogP) is 8.15.